The summed E-state index contributed by atoms with van der Waals surface area (Å²) >= 11 is 0. The minimum atomic E-state index is -1.07. The van der Waals surface area contributed by atoms with Crippen molar-refractivity contribution in [3.05, 3.63) is 41.5 Å². The fraction of sp³-hybridized carbons (Fsp3) is 0.357. The number of fused-ring (bicyclic) bond motifs is 1. The molecule has 1 amide bonds. The predicted molar refractivity (Wildman–Crippen MR) is 69.4 cm³/mol. The average Bonchev–Trinajstić information content (AvgIpc) is 3.05. The van der Waals surface area contributed by atoms with Crippen molar-refractivity contribution in [3.8, 4) is 0 Å². The molecule has 1 unspecified atom stereocenters. The van der Waals surface area contributed by atoms with Crippen LogP contribution in [0.4, 0.5) is 0 Å². The molecule has 0 aliphatic carbocycles. The number of carbonyl (C=O) groups excluding carboxylic acids is 1. The number of nitrogens with zero attached hydrogens (tertiary/aromatic N) is 2. The van der Waals surface area contributed by atoms with Gasteiger partial charge in [0.2, 0.25) is 5.91 Å². The summed E-state index contributed by atoms with van der Waals surface area (Å²) < 4.78 is 10.5. The zero-order valence-corrected chi connectivity index (χ0v) is 11.4. The number of carboxylic acids is 1. The second-order valence-electron chi connectivity index (χ2n) is 4.90. The van der Waals surface area contributed by atoms with Gasteiger partial charge in [-0.15, -0.1) is 0 Å². The lowest BCUT2D eigenvalue weighted by molar-refractivity contribution is -0.151. The molecule has 7 nitrogen and oxygen atoms in total. The third kappa shape index (κ3) is 2.42. The van der Waals surface area contributed by atoms with E-state index in [4.69, 9.17) is 8.83 Å². The van der Waals surface area contributed by atoms with Crippen molar-refractivity contribution < 1.29 is 23.5 Å². The third-order valence-electron chi connectivity index (χ3n) is 3.51. The molecule has 3 heterocycles. The largest absolute Gasteiger partial charge is 0.479 e. The van der Waals surface area contributed by atoms with Crippen LogP contribution in [0.3, 0.4) is 0 Å². The molecule has 2 aromatic rings. The first-order chi connectivity index (χ1) is 10.1. The van der Waals surface area contributed by atoms with E-state index in [1.807, 2.05) is 0 Å². The van der Waals surface area contributed by atoms with E-state index in [1.165, 1.54) is 17.4 Å². The van der Waals surface area contributed by atoms with Gasteiger partial charge in [0.1, 0.15) is 11.5 Å². The smallest absolute Gasteiger partial charge is 0.331 e. The Morgan fingerprint density at radius 2 is 2.33 bits per heavy atom. The number of aromatic nitrogens is 1. The van der Waals surface area contributed by atoms with Crippen molar-refractivity contribution in [2.75, 3.05) is 6.54 Å². The van der Waals surface area contributed by atoms with E-state index in [9.17, 15) is 14.7 Å². The Morgan fingerprint density at radius 1 is 1.52 bits per heavy atom. The molecule has 21 heavy (non-hydrogen) atoms. The first kappa shape index (κ1) is 13.4. The maximum Gasteiger partial charge on any atom is 0.331 e. The molecule has 1 atom stereocenters. The van der Waals surface area contributed by atoms with Crippen LogP contribution < -0.4 is 0 Å². The van der Waals surface area contributed by atoms with Gasteiger partial charge in [-0.2, -0.15) is 0 Å². The molecule has 0 saturated heterocycles. The number of hydrogen-bond acceptors (Lipinski definition) is 5. The number of rotatable bonds is 3. The highest BCUT2D eigenvalue weighted by atomic mass is 16.4. The summed E-state index contributed by atoms with van der Waals surface area (Å²) in [5.74, 6) is 0.162. The zero-order chi connectivity index (χ0) is 15.0. The van der Waals surface area contributed by atoms with Crippen LogP contribution >= 0.6 is 0 Å². The van der Waals surface area contributed by atoms with E-state index in [0.717, 1.165) is 0 Å². The second kappa shape index (κ2) is 5.08. The van der Waals surface area contributed by atoms with E-state index >= 15 is 0 Å². The van der Waals surface area contributed by atoms with Crippen LogP contribution in [0.1, 0.15) is 29.0 Å². The summed E-state index contributed by atoms with van der Waals surface area (Å²) in [4.78, 5) is 29.2. The van der Waals surface area contributed by atoms with E-state index in [2.05, 4.69) is 4.98 Å². The lowest BCUT2D eigenvalue weighted by atomic mass is 9.99. The lowest BCUT2D eigenvalue weighted by Crippen LogP contribution is -2.43. The molecule has 0 fully saturated rings. The van der Waals surface area contributed by atoms with Crippen LogP contribution in [0.5, 0.6) is 0 Å². The van der Waals surface area contributed by atoms with Gasteiger partial charge in [0.15, 0.2) is 11.9 Å². The first-order valence-corrected chi connectivity index (χ1v) is 6.56. The van der Waals surface area contributed by atoms with Gasteiger partial charge in [-0.3, -0.25) is 4.79 Å². The van der Waals surface area contributed by atoms with Crippen LogP contribution in [0.2, 0.25) is 0 Å². The number of carbonyl (C=O) groups is 2. The quantitative estimate of drug-likeness (QED) is 0.916. The van der Waals surface area contributed by atoms with E-state index in [1.54, 1.807) is 13.0 Å². The molecular formula is C14H14N2O5. The molecule has 0 bridgehead atoms. The minimum absolute atomic E-state index is 0.00218. The highest BCUT2D eigenvalue weighted by Gasteiger charge is 2.37. The van der Waals surface area contributed by atoms with E-state index < -0.39 is 12.0 Å². The number of hydrogen-bond donors (Lipinski definition) is 1. The Bertz CT molecular complexity index is 687. The molecule has 3 rings (SSSR count). The number of aryl methyl sites for hydroxylation is 1. The third-order valence-corrected chi connectivity index (χ3v) is 3.51. The lowest BCUT2D eigenvalue weighted by Gasteiger charge is -2.32. The molecular weight excluding hydrogens is 276 g/mol. The first-order valence-electron chi connectivity index (χ1n) is 6.56. The number of aliphatic carboxylic acids is 1. The molecule has 1 aliphatic heterocycles. The molecule has 7 heteroatoms. The normalized spacial score (nSPS) is 17.6. The van der Waals surface area contributed by atoms with Gasteiger partial charge in [0, 0.05) is 25.5 Å². The van der Waals surface area contributed by atoms with Crippen LogP contribution in [0, 0.1) is 6.92 Å². The number of amides is 1. The van der Waals surface area contributed by atoms with Crippen molar-refractivity contribution in [3.63, 3.8) is 0 Å². The van der Waals surface area contributed by atoms with Gasteiger partial charge in [0.05, 0.1) is 18.9 Å². The Labute approximate surface area is 120 Å². The highest BCUT2D eigenvalue weighted by molar-refractivity contribution is 5.86. The molecule has 0 saturated carbocycles. The highest BCUT2D eigenvalue weighted by Crippen LogP contribution is 2.31. The minimum Gasteiger partial charge on any atom is -0.479 e. The number of oxazole rings is 1. The van der Waals surface area contributed by atoms with Crippen LogP contribution in [-0.2, 0) is 22.4 Å². The molecule has 2 aromatic heterocycles. The van der Waals surface area contributed by atoms with Crippen molar-refractivity contribution in [1.82, 2.24) is 9.88 Å². The maximum atomic E-state index is 12.4. The van der Waals surface area contributed by atoms with Gasteiger partial charge in [-0.05, 0) is 6.07 Å². The fourth-order valence-corrected chi connectivity index (χ4v) is 2.59. The van der Waals surface area contributed by atoms with Gasteiger partial charge in [0.25, 0.3) is 0 Å². The van der Waals surface area contributed by atoms with Crippen LogP contribution in [0.15, 0.2) is 27.4 Å². The monoisotopic (exact) mass is 290 g/mol. The molecule has 0 aromatic carbocycles. The molecule has 0 spiro atoms. The summed E-state index contributed by atoms with van der Waals surface area (Å²) in [7, 11) is 0. The maximum absolute atomic E-state index is 12.4. The Kier molecular flexibility index (Phi) is 3.25. The Balaban J connectivity index is 1.84. The second-order valence-corrected chi connectivity index (χ2v) is 4.90. The predicted octanol–water partition coefficient (Wildman–Crippen LogP) is 1.33. The van der Waals surface area contributed by atoms with Crippen LogP contribution in [0.25, 0.3) is 0 Å². The average molecular weight is 290 g/mol. The summed E-state index contributed by atoms with van der Waals surface area (Å²) in [6.45, 7) is 2.00. The van der Waals surface area contributed by atoms with Gasteiger partial charge in [-0.1, -0.05) is 0 Å². The Morgan fingerprint density at radius 3 is 3.00 bits per heavy atom. The fourth-order valence-electron chi connectivity index (χ4n) is 2.59. The van der Waals surface area contributed by atoms with Crippen LogP contribution in [-0.4, -0.2) is 33.4 Å². The number of furan rings is 1. The summed E-state index contributed by atoms with van der Waals surface area (Å²) in [6.07, 6.45) is 3.44. The van der Waals surface area contributed by atoms with Gasteiger partial charge >= 0.3 is 5.97 Å². The zero-order valence-electron chi connectivity index (χ0n) is 11.4. The molecule has 1 N–H and O–H groups in total. The van der Waals surface area contributed by atoms with Crippen molar-refractivity contribution >= 4 is 11.9 Å². The van der Waals surface area contributed by atoms with Crippen molar-refractivity contribution in [2.45, 2.75) is 25.8 Å². The topological polar surface area (TPSA) is 96.8 Å². The molecule has 110 valence electrons. The summed E-state index contributed by atoms with van der Waals surface area (Å²) in [5, 5.41) is 9.42. The van der Waals surface area contributed by atoms with Crippen molar-refractivity contribution in [2.24, 2.45) is 0 Å². The number of carboxylic acid groups (broad SMARTS) is 1. The van der Waals surface area contributed by atoms with Crippen molar-refractivity contribution in [1.29, 1.82) is 0 Å². The molecule has 0 radical (unpaired) electrons. The standard InChI is InChI=1S/C14H14N2O5/c1-8-15-7-9(21-8)6-12(17)16-4-2-11-10(3-5-20-11)13(16)14(18)19/h3,5,7,13H,2,4,6H2,1H3,(H,18,19). The Hall–Kier alpha value is -2.57. The van der Waals surface area contributed by atoms with E-state index in [0.29, 0.717) is 35.9 Å². The molecule has 1 aliphatic rings. The van der Waals surface area contributed by atoms with E-state index in [-0.39, 0.29) is 12.3 Å². The SMILES string of the molecule is Cc1ncc(CC(=O)N2CCc3occc3C2C(=O)O)o1. The van der Waals surface area contributed by atoms with Gasteiger partial charge in [-0.25, -0.2) is 9.78 Å². The summed E-state index contributed by atoms with van der Waals surface area (Å²) in [6, 6.07) is 0.593. The summed E-state index contributed by atoms with van der Waals surface area (Å²) in [5.41, 5.74) is 0.538. The van der Waals surface area contributed by atoms with Gasteiger partial charge < -0.3 is 18.8 Å².